The predicted molar refractivity (Wildman–Crippen MR) is 230 cm³/mol. The summed E-state index contributed by atoms with van der Waals surface area (Å²) in [6.07, 6.45) is 14.7. The quantitative estimate of drug-likeness (QED) is 0.139. The molecule has 0 spiro atoms. The van der Waals surface area contributed by atoms with Gasteiger partial charge in [-0.2, -0.15) is 0 Å². The van der Waals surface area contributed by atoms with Crippen molar-refractivity contribution in [3.05, 3.63) is 118 Å². The molecule has 3 nitrogen and oxygen atoms in total. The number of hydrogen-bond donors (Lipinski definition) is 1. The Morgan fingerprint density at radius 1 is 0.830 bits per heavy atom. The number of benzene rings is 3. The zero-order valence-corrected chi connectivity index (χ0v) is 34.5. The van der Waals surface area contributed by atoms with E-state index in [1.165, 1.54) is 70.1 Å². The average Bonchev–Trinajstić information content (AvgIpc) is 3.45. The lowest BCUT2D eigenvalue weighted by atomic mass is 9.63. The fourth-order valence-corrected chi connectivity index (χ4v) is 9.20. The van der Waals surface area contributed by atoms with Gasteiger partial charge in [-0.25, -0.2) is 0 Å². The predicted octanol–water partition coefficient (Wildman–Crippen LogP) is 11.5. The zero-order chi connectivity index (χ0) is 38.1. The van der Waals surface area contributed by atoms with E-state index in [9.17, 15) is 0 Å². The molecule has 1 aromatic heterocycles. The minimum atomic E-state index is 0.0918. The van der Waals surface area contributed by atoms with Crippen molar-refractivity contribution in [3.8, 4) is 0 Å². The van der Waals surface area contributed by atoms with Crippen LogP contribution < -0.4 is 21.3 Å². The molecule has 4 heteroatoms. The summed E-state index contributed by atoms with van der Waals surface area (Å²) in [4.78, 5) is 2.52. The molecule has 0 saturated carbocycles. The number of nitrogens with zero attached hydrogens (tertiary/aromatic N) is 1. The second-order valence-electron chi connectivity index (χ2n) is 19.3. The van der Waals surface area contributed by atoms with E-state index in [2.05, 4.69) is 167 Å². The highest BCUT2D eigenvalue weighted by atomic mass is 16.3. The molecular weight excluding hydrogens is 643 g/mol. The van der Waals surface area contributed by atoms with Crippen molar-refractivity contribution in [1.82, 2.24) is 0 Å². The Morgan fingerprint density at radius 3 is 1.98 bits per heavy atom. The largest absolute Gasteiger partial charge is 0.469 e. The van der Waals surface area contributed by atoms with Gasteiger partial charge in [0, 0.05) is 23.3 Å². The lowest BCUT2D eigenvalue weighted by molar-refractivity contribution is 0.332. The topological polar surface area (TPSA) is 28.4 Å². The molecule has 277 valence electrons. The Morgan fingerprint density at radius 2 is 1.40 bits per heavy atom. The van der Waals surface area contributed by atoms with E-state index in [0.717, 1.165) is 34.5 Å². The summed E-state index contributed by atoms with van der Waals surface area (Å²) in [6, 6.07) is 18.8. The monoisotopic (exact) mass is 705 g/mol. The first-order chi connectivity index (χ1) is 24.9. The maximum atomic E-state index is 6.97. The Bertz CT molecular complexity index is 2100. The summed E-state index contributed by atoms with van der Waals surface area (Å²) in [6.45, 7) is 31.0. The van der Waals surface area contributed by atoms with Gasteiger partial charge in [0.15, 0.2) is 0 Å². The van der Waals surface area contributed by atoms with Crippen molar-refractivity contribution in [2.45, 2.75) is 142 Å². The highest BCUT2D eigenvalue weighted by Gasteiger charge is 2.40. The fourth-order valence-electron chi connectivity index (χ4n) is 9.20. The van der Waals surface area contributed by atoms with Gasteiger partial charge in [0.2, 0.25) is 7.28 Å². The number of nitrogens with one attached hydrogen (secondary N) is 1. The van der Waals surface area contributed by atoms with Crippen LogP contribution in [-0.2, 0) is 21.7 Å². The number of allylic oxidation sites excluding steroid dienone is 1. The average molecular weight is 706 g/mol. The van der Waals surface area contributed by atoms with Gasteiger partial charge < -0.3 is 14.6 Å². The van der Waals surface area contributed by atoms with Crippen LogP contribution in [0.5, 0.6) is 0 Å². The van der Waals surface area contributed by atoms with Crippen LogP contribution in [0, 0.1) is 6.92 Å². The molecular formula is C49H62BN2O. The van der Waals surface area contributed by atoms with Gasteiger partial charge in [0.25, 0.3) is 0 Å². The normalized spacial score (nSPS) is 20.8. The molecule has 0 aliphatic heterocycles. The smallest absolute Gasteiger partial charge is 0.243 e. The van der Waals surface area contributed by atoms with Crippen molar-refractivity contribution in [2.75, 3.05) is 16.8 Å². The Hall–Kier alpha value is -3.92. The van der Waals surface area contributed by atoms with E-state index in [1.807, 2.05) is 6.08 Å². The third-order valence-electron chi connectivity index (χ3n) is 13.1. The summed E-state index contributed by atoms with van der Waals surface area (Å²) in [5.74, 6) is 0.490. The molecule has 7 rings (SSSR count). The first-order valence-electron chi connectivity index (χ1n) is 20.1. The lowest BCUT2D eigenvalue weighted by Gasteiger charge is -2.42. The van der Waals surface area contributed by atoms with Crippen molar-refractivity contribution in [1.29, 1.82) is 0 Å². The van der Waals surface area contributed by atoms with Gasteiger partial charge in [-0.1, -0.05) is 117 Å². The van der Waals surface area contributed by atoms with Crippen LogP contribution in [0.15, 0.2) is 89.5 Å². The van der Waals surface area contributed by atoms with Crippen LogP contribution in [0.3, 0.4) is 0 Å². The summed E-state index contributed by atoms with van der Waals surface area (Å²) < 4.78 is 6.97. The number of furan rings is 1. The third kappa shape index (κ3) is 6.97. The standard InChI is InChI=1S/C49H62BN2O/c1-13-25-52(36-16-14-15-35(27-36)51-42-29-40-38(26-32(42)4)46(5,6)21-23-48(40,9)10)44-37-28-39-41(49(11,12)24-22-47(39,7)8)30-43(37)53-45(44)50-34-19-17-33(18-20-34)31(2)3/h13-15,17-20,26-31,36,51H,1,16,21-25H2,2-12H3. The van der Waals surface area contributed by atoms with E-state index >= 15 is 0 Å². The number of anilines is 2. The van der Waals surface area contributed by atoms with E-state index < -0.39 is 0 Å². The molecule has 3 aromatic carbocycles. The molecule has 1 radical (unpaired) electrons. The van der Waals surface area contributed by atoms with Crippen LogP contribution in [0.1, 0.15) is 141 Å². The van der Waals surface area contributed by atoms with Crippen LogP contribution in [0.2, 0.25) is 0 Å². The van der Waals surface area contributed by atoms with Gasteiger partial charge in [-0.05, 0) is 130 Å². The Kier molecular flexibility index (Phi) is 9.48. The van der Waals surface area contributed by atoms with Crippen molar-refractivity contribution in [2.24, 2.45) is 0 Å². The van der Waals surface area contributed by atoms with Crippen LogP contribution in [0.4, 0.5) is 11.4 Å². The van der Waals surface area contributed by atoms with Crippen molar-refractivity contribution in [3.63, 3.8) is 0 Å². The number of rotatable bonds is 9. The van der Waals surface area contributed by atoms with E-state index in [4.69, 9.17) is 4.42 Å². The highest BCUT2D eigenvalue weighted by Crippen LogP contribution is 2.49. The molecule has 0 fully saturated rings. The van der Waals surface area contributed by atoms with E-state index in [-0.39, 0.29) is 27.7 Å². The molecule has 1 atom stereocenters. The molecule has 4 aromatic rings. The third-order valence-corrected chi connectivity index (χ3v) is 13.1. The molecule has 0 saturated heterocycles. The molecule has 0 bridgehead atoms. The van der Waals surface area contributed by atoms with Gasteiger partial charge >= 0.3 is 0 Å². The first-order valence-corrected chi connectivity index (χ1v) is 20.1. The highest BCUT2D eigenvalue weighted by molar-refractivity contribution is 6.68. The minimum absolute atomic E-state index is 0.0918. The maximum absolute atomic E-state index is 6.97. The molecule has 3 aliphatic carbocycles. The maximum Gasteiger partial charge on any atom is 0.243 e. The van der Waals surface area contributed by atoms with Crippen LogP contribution >= 0.6 is 0 Å². The van der Waals surface area contributed by atoms with Crippen LogP contribution in [0.25, 0.3) is 11.0 Å². The molecule has 1 N–H and O–H groups in total. The first kappa shape index (κ1) is 37.4. The summed E-state index contributed by atoms with van der Waals surface area (Å²) in [5, 5.41) is 5.08. The van der Waals surface area contributed by atoms with Crippen molar-refractivity contribution < 1.29 is 4.42 Å². The van der Waals surface area contributed by atoms with E-state index in [0.29, 0.717) is 12.5 Å². The summed E-state index contributed by atoms with van der Waals surface area (Å²) >= 11 is 0. The number of aryl methyl sites for hydroxylation is 1. The molecule has 1 heterocycles. The summed E-state index contributed by atoms with van der Waals surface area (Å²) in [7, 11) is 2.24. The fraction of sp³-hybridized carbons (Fsp3) is 0.469. The summed E-state index contributed by atoms with van der Waals surface area (Å²) in [5.41, 5.74) is 15.5. The lowest BCUT2D eigenvalue weighted by Crippen LogP contribution is -2.40. The second-order valence-corrected chi connectivity index (χ2v) is 19.3. The van der Waals surface area contributed by atoms with Gasteiger partial charge in [-0.15, -0.1) is 6.58 Å². The van der Waals surface area contributed by atoms with Crippen molar-refractivity contribution >= 4 is 40.7 Å². The molecule has 1 unspecified atom stereocenters. The number of fused-ring (bicyclic) bond motifs is 3. The molecule has 0 amide bonds. The second kappa shape index (κ2) is 13.4. The van der Waals surface area contributed by atoms with E-state index in [1.54, 1.807) is 0 Å². The van der Waals surface area contributed by atoms with Gasteiger partial charge in [-0.3, -0.25) is 0 Å². The zero-order valence-electron chi connectivity index (χ0n) is 34.5. The Labute approximate surface area is 321 Å². The SMILES string of the molecule is C=CCN(c1c([B]c2ccc(C(C)C)cc2)oc2cc3c(cc12)C(C)(C)CCC3(C)C)C1C=C(Nc2cc3c(cc2C)C(C)(C)CCC3(C)C)C=CC1. The molecule has 3 aliphatic rings. The Balaban J connectivity index is 1.32. The number of hydrogen-bond acceptors (Lipinski definition) is 3. The minimum Gasteiger partial charge on any atom is -0.469 e. The van der Waals surface area contributed by atoms with Gasteiger partial charge in [0.1, 0.15) is 5.58 Å². The molecule has 53 heavy (non-hydrogen) atoms. The van der Waals surface area contributed by atoms with Crippen LogP contribution in [-0.4, -0.2) is 19.9 Å². The van der Waals surface area contributed by atoms with Gasteiger partial charge in [0.05, 0.1) is 17.4 Å².